The van der Waals surface area contributed by atoms with Crippen LogP contribution in [0.5, 0.6) is 0 Å². The molecule has 21 rings (SSSR count). The molecular formula is C44H74O33. The summed E-state index contributed by atoms with van der Waals surface area (Å²) in [6, 6.07) is 0. The maximum atomic E-state index is 11.4. The quantitative estimate of drug-likeness (QED) is 0.113. The Bertz CT molecular complexity index is 1470. The van der Waals surface area contributed by atoms with Crippen LogP contribution in [0.15, 0.2) is 0 Å². The van der Waals surface area contributed by atoms with E-state index >= 15 is 0 Å². The van der Waals surface area contributed by atoms with Crippen LogP contribution in [0.4, 0.5) is 0 Å². The molecule has 35 atom stereocenters. The fourth-order valence-corrected chi connectivity index (χ4v) is 10.8. The van der Waals surface area contributed by atoms with Gasteiger partial charge in [-0.3, -0.25) is 0 Å². The molecule has 21 aliphatic heterocycles. The van der Waals surface area contributed by atoms with Gasteiger partial charge in [-0.2, -0.15) is 0 Å². The molecule has 19 N–H and O–H groups in total. The van der Waals surface area contributed by atoms with E-state index < -0.39 is 248 Å². The number of aliphatic hydroxyl groups excluding tert-OH is 19. The second kappa shape index (κ2) is 26.1. The summed E-state index contributed by atoms with van der Waals surface area (Å²) < 4.78 is 81.1. The first-order valence-corrected chi connectivity index (χ1v) is 25.4. The highest BCUT2D eigenvalue weighted by Gasteiger charge is 2.59. The Morgan fingerprint density at radius 2 is 0.325 bits per heavy atom. The average molecular weight is 1130 g/mol. The van der Waals surface area contributed by atoms with E-state index in [4.69, 9.17) is 66.3 Å². The average Bonchev–Trinajstić information content (AvgIpc) is 3.47. The Morgan fingerprint density at radius 3 is 0.455 bits per heavy atom. The maximum Gasteiger partial charge on any atom is 0.187 e. The summed E-state index contributed by atoms with van der Waals surface area (Å²) in [5.41, 5.74) is 0. The summed E-state index contributed by atoms with van der Waals surface area (Å²) in [7, 11) is 0. The molecule has 0 aliphatic carbocycles. The lowest BCUT2D eigenvalue weighted by Gasteiger charge is -2.50. The Morgan fingerprint density at radius 1 is 0.195 bits per heavy atom. The van der Waals surface area contributed by atoms with Gasteiger partial charge in [-0.15, -0.1) is 0 Å². The van der Waals surface area contributed by atoms with Gasteiger partial charge in [0.2, 0.25) is 0 Å². The van der Waals surface area contributed by atoms with Crippen LogP contribution >= 0.6 is 0 Å². The van der Waals surface area contributed by atoms with Crippen molar-refractivity contribution < 1.29 is 163 Å². The first-order chi connectivity index (χ1) is 36.7. The molecule has 0 amide bonds. The van der Waals surface area contributed by atoms with Crippen LogP contribution in [0.3, 0.4) is 0 Å². The summed E-state index contributed by atoms with van der Waals surface area (Å²) in [6.07, 6.45) is -66.0. The molecule has 33 nitrogen and oxygen atoms in total. The van der Waals surface area contributed by atoms with Crippen molar-refractivity contribution >= 4 is 0 Å². The number of rotatable bonds is 7. The van der Waals surface area contributed by atoms with E-state index in [2.05, 4.69) is 0 Å². The Balaban J connectivity index is 1.08. The van der Waals surface area contributed by atoms with Crippen LogP contribution in [-0.4, -0.2) is 345 Å². The highest BCUT2D eigenvalue weighted by Crippen LogP contribution is 2.39. The van der Waals surface area contributed by atoms with Crippen LogP contribution in [0.2, 0.25) is 0 Å². The van der Waals surface area contributed by atoms with E-state index in [1.165, 1.54) is 0 Å². The van der Waals surface area contributed by atoms with Crippen molar-refractivity contribution in [1.29, 1.82) is 0 Å². The number of hydrogen-bond acceptors (Lipinski definition) is 33. The molecular weight excluding hydrogens is 1060 g/mol. The lowest BCUT2D eigenvalue weighted by Crippen LogP contribution is -2.68. The minimum Gasteiger partial charge on any atom is -0.394 e. The summed E-state index contributed by atoms with van der Waals surface area (Å²) in [5, 5.41) is 211. The van der Waals surface area contributed by atoms with Gasteiger partial charge in [0.05, 0.1) is 45.2 Å². The third-order valence-corrected chi connectivity index (χ3v) is 15.2. The summed E-state index contributed by atoms with van der Waals surface area (Å²) in [5.74, 6) is 0. The van der Waals surface area contributed by atoms with Crippen LogP contribution in [0.25, 0.3) is 0 Å². The monoisotopic (exact) mass is 1130 g/mol. The molecule has 21 fully saturated rings. The molecule has 0 aromatic heterocycles. The van der Waals surface area contributed by atoms with Crippen molar-refractivity contribution in [2.45, 2.75) is 242 Å². The van der Waals surface area contributed by atoms with Gasteiger partial charge in [-0.1, -0.05) is 13.8 Å². The molecule has 448 valence electrons. The fourth-order valence-electron chi connectivity index (χ4n) is 10.8. The highest BCUT2D eigenvalue weighted by atomic mass is 16.8. The Hall–Kier alpha value is -1.32. The Labute approximate surface area is 437 Å². The SMILES string of the molecule is CCC1OC2OC3C(CO)OC(OC4C(CO)OC(OC5C(CO)OC(OC6C(CC)OC(OC7C(CO)OC(OC8C(CO)OC(OC1C(O)C2O)C(O)C8O)C(O)C7O)C(O)C6O)C(O)C5O)C(O)C4O)C(O)C3O. The second-order valence-electron chi connectivity index (χ2n) is 20.1. The zero-order valence-electron chi connectivity index (χ0n) is 41.4. The molecule has 21 heterocycles. The lowest BCUT2D eigenvalue weighted by atomic mass is 9.94. The van der Waals surface area contributed by atoms with Crippen molar-refractivity contribution in [3.63, 3.8) is 0 Å². The largest absolute Gasteiger partial charge is 0.394 e. The van der Waals surface area contributed by atoms with Gasteiger partial charge in [0.1, 0.15) is 159 Å². The number of ether oxygens (including phenoxy) is 14. The van der Waals surface area contributed by atoms with Crippen LogP contribution in [-0.2, 0) is 66.3 Å². The number of aliphatic hydroxyl groups is 19. The third-order valence-electron chi connectivity index (χ3n) is 15.2. The zero-order chi connectivity index (χ0) is 56.1. The molecule has 0 radical (unpaired) electrons. The van der Waals surface area contributed by atoms with E-state index in [0.29, 0.717) is 0 Å². The molecule has 0 aromatic rings. The molecule has 35 unspecified atom stereocenters. The number of hydrogen-bond donors (Lipinski definition) is 19. The first kappa shape index (κ1) is 61.7. The molecule has 0 saturated carbocycles. The van der Waals surface area contributed by atoms with Crippen molar-refractivity contribution in [3.05, 3.63) is 0 Å². The first-order valence-electron chi connectivity index (χ1n) is 25.4. The second-order valence-corrected chi connectivity index (χ2v) is 20.1. The minimum absolute atomic E-state index is 0.0357. The van der Waals surface area contributed by atoms with Crippen LogP contribution in [0, 0.1) is 0 Å². The van der Waals surface area contributed by atoms with Crippen molar-refractivity contribution in [1.82, 2.24) is 0 Å². The molecule has 0 aromatic carbocycles. The minimum atomic E-state index is -2.16. The van der Waals surface area contributed by atoms with Crippen molar-refractivity contribution in [3.8, 4) is 0 Å². The maximum absolute atomic E-state index is 11.4. The van der Waals surface area contributed by atoms with Gasteiger partial charge in [0.15, 0.2) is 44.0 Å². The van der Waals surface area contributed by atoms with E-state index in [-0.39, 0.29) is 12.8 Å². The molecule has 0 spiro atoms. The standard InChI is InChI=1S/C44H74O33/c1-3-10-31-18(51)25(58)39(65-10)74-34-13(6-46)69-43(29(62)22(34)55)77-37-16(9-49)70-44(30(63)23(37)56)76-36-15(8-48)67-41(27(60)20(36)53)72-32-11(4-2)64-38(24(57)17(32)50)73-33-12(5-45)68-42(28(61)21(33)54)75-35-14(7-47)66-40(71-31)26(59)19(35)52/h10-63H,3-9H2,1-2H3. The van der Waals surface area contributed by atoms with Crippen LogP contribution in [0.1, 0.15) is 26.7 Å². The van der Waals surface area contributed by atoms with Crippen molar-refractivity contribution in [2.75, 3.05) is 33.0 Å². The summed E-state index contributed by atoms with van der Waals surface area (Å²) in [4.78, 5) is 0. The highest BCUT2D eigenvalue weighted by molar-refractivity contribution is 5.01. The Kier molecular flexibility index (Phi) is 20.9. The predicted molar refractivity (Wildman–Crippen MR) is 235 cm³/mol. The molecule has 14 bridgehead atoms. The van der Waals surface area contributed by atoms with E-state index in [9.17, 15) is 97.0 Å². The lowest BCUT2D eigenvalue weighted by molar-refractivity contribution is -0.396. The normalized spacial score (nSPS) is 55.4. The van der Waals surface area contributed by atoms with Gasteiger partial charge in [0, 0.05) is 0 Å². The molecule has 21 saturated heterocycles. The van der Waals surface area contributed by atoms with Gasteiger partial charge in [-0.25, -0.2) is 0 Å². The predicted octanol–water partition coefficient (Wildman–Crippen LogP) is -12.4. The smallest absolute Gasteiger partial charge is 0.187 e. The van der Waals surface area contributed by atoms with Crippen molar-refractivity contribution in [2.24, 2.45) is 0 Å². The van der Waals surface area contributed by atoms with Gasteiger partial charge < -0.3 is 163 Å². The molecule has 21 aliphatic rings. The third kappa shape index (κ3) is 12.1. The summed E-state index contributed by atoms with van der Waals surface area (Å²) in [6.45, 7) is -1.85. The topological polar surface area (TPSA) is 514 Å². The van der Waals surface area contributed by atoms with E-state index in [1.807, 2.05) is 0 Å². The van der Waals surface area contributed by atoms with Crippen LogP contribution < -0.4 is 0 Å². The summed E-state index contributed by atoms with van der Waals surface area (Å²) >= 11 is 0. The van der Waals surface area contributed by atoms with Gasteiger partial charge in [-0.05, 0) is 12.8 Å². The van der Waals surface area contributed by atoms with Gasteiger partial charge >= 0.3 is 0 Å². The zero-order valence-corrected chi connectivity index (χ0v) is 41.4. The molecule has 77 heavy (non-hydrogen) atoms. The molecule has 33 heteroatoms. The van der Waals surface area contributed by atoms with E-state index in [0.717, 1.165) is 0 Å². The van der Waals surface area contributed by atoms with Gasteiger partial charge in [0.25, 0.3) is 0 Å². The van der Waals surface area contributed by atoms with E-state index in [1.54, 1.807) is 13.8 Å². The fraction of sp³-hybridized carbons (Fsp3) is 1.00.